The molecule has 1 atom stereocenters. The third-order valence-electron chi connectivity index (χ3n) is 3.47. The molecule has 3 heteroatoms. The van der Waals surface area contributed by atoms with Gasteiger partial charge in [-0.1, -0.05) is 24.3 Å². The molecule has 0 saturated carbocycles. The van der Waals surface area contributed by atoms with Crippen LogP contribution in [0.5, 0.6) is 5.75 Å². The van der Waals surface area contributed by atoms with E-state index in [2.05, 4.69) is 6.07 Å². The molecule has 0 fully saturated rings. The third kappa shape index (κ3) is 2.10. The molecule has 2 aromatic rings. The van der Waals surface area contributed by atoms with Crippen LogP contribution in [0.25, 0.3) is 11.1 Å². The molecular weight excluding hydrogens is 241 g/mol. The second kappa shape index (κ2) is 4.67. The largest absolute Gasteiger partial charge is 0.488 e. The Morgan fingerprint density at radius 1 is 1.26 bits per heavy atom. The summed E-state index contributed by atoms with van der Waals surface area (Å²) >= 11 is 0. The molecule has 2 N–H and O–H groups in total. The van der Waals surface area contributed by atoms with Gasteiger partial charge in [0.1, 0.15) is 17.7 Å². The number of halogens is 1. The molecule has 0 saturated heterocycles. The topological polar surface area (TPSA) is 35.2 Å². The zero-order valence-electron chi connectivity index (χ0n) is 10.8. The van der Waals surface area contributed by atoms with Crippen LogP contribution >= 0.6 is 0 Å². The zero-order chi connectivity index (χ0) is 13.4. The van der Waals surface area contributed by atoms with Gasteiger partial charge in [0.25, 0.3) is 0 Å². The lowest BCUT2D eigenvalue weighted by Gasteiger charge is -2.12. The summed E-state index contributed by atoms with van der Waals surface area (Å²) in [6.07, 6.45) is 0.803. The maximum absolute atomic E-state index is 14.0. The van der Waals surface area contributed by atoms with Crippen LogP contribution in [0.4, 0.5) is 4.39 Å². The second-order valence-corrected chi connectivity index (χ2v) is 4.96. The summed E-state index contributed by atoms with van der Waals surface area (Å²) in [5, 5.41) is 0. The van der Waals surface area contributed by atoms with Crippen molar-refractivity contribution in [2.45, 2.75) is 19.4 Å². The van der Waals surface area contributed by atoms with Gasteiger partial charge in [0.2, 0.25) is 0 Å². The van der Waals surface area contributed by atoms with E-state index in [1.165, 1.54) is 6.07 Å². The molecule has 0 aliphatic carbocycles. The highest BCUT2D eigenvalue weighted by Crippen LogP contribution is 2.40. The summed E-state index contributed by atoms with van der Waals surface area (Å²) < 4.78 is 19.8. The lowest BCUT2D eigenvalue weighted by Crippen LogP contribution is -2.24. The van der Waals surface area contributed by atoms with E-state index in [4.69, 9.17) is 10.5 Å². The summed E-state index contributed by atoms with van der Waals surface area (Å²) in [7, 11) is 0. The molecular formula is C16H16FNO. The smallest absolute Gasteiger partial charge is 0.131 e. The van der Waals surface area contributed by atoms with Crippen molar-refractivity contribution >= 4 is 0 Å². The van der Waals surface area contributed by atoms with E-state index in [0.29, 0.717) is 12.1 Å². The second-order valence-electron chi connectivity index (χ2n) is 4.96. The summed E-state index contributed by atoms with van der Waals surface area (Å²) in [4.78, 5) is 0. The number of benzene rings is 2. The van der Waals surface area contributed by atoms with Gasteiger partial charge in [-0.2, -0.15) is 0 Å². The molecule has 2 nitrogen and oxygen atoms in total. The molecule has 1 aliphatic rings. The normalized spacial score (nSPS) is 17.1. The fraction of sp³-hybridized carbons (Fsp3) is 0.250. The number of fused-ring (bicyclic) bond motifs is 1. The Balaban J connectivity index is 2.16. The first-order valence-electron chi connectivity index (χ1n) is 6.44. The van der Waals surface area contributed by atoms with Crippen molar-refractivity contribution in [2.75, 3.05) is 6.54 Å². The Morgan fingerprint density at radius 3 is 2.79 bits per heavy atom. The Bertz CT molecular complexity index is 624. The Morgan fingerprint density at radius 2 is 2.05 bits per heavy atom. The number of hydrogen-bond donors (Lipinski definition) is 1. The minimum atomic E-state index is -0.227. The highest BCUT2D eigenvalue weighted by Gasteiger charge is 2.26. The molecule has 0 bridgehead atoms. The van der Waals surface area contributed by atoms with E-state index >= 15 is 0 Å². The van der Waals surface area contributed by atoms with Gasteiger partial charge >= 0.3 is 0 Å². The summed E-state index contributed by atoms with van der Waals surface area (Å²) in [6, 6.07) is 10.8. The summed E-state index contributed by atoms with van der Waals surface area (Å²) in [5.74, 6) is 0.557. The minimum Gasteiger partial charge on any atom is -0.488 e. The number of ether oxygens (including phenoxy) is 1. The van der Waals surface area contributed by atoms with Gasteiger partial charge in [-0.15, -0.1) is 0 Å². The monoisotopic (exact) mass is 257 g/mol. The van der Waals surface area contributed by atoms with Crippen LogP contribution in [0, 0.1) is 12.7 Å². The van der Waals surface area contributed by atoms with E-state index in [9.17, 15) is 4.39 Å². The fourth-order valence-corrected chi connectivity index (χ4v) is 2.60. The lowest BCUT2D eigenvalue weighted by molar-refractivity contribution is 0.242. The Kier molecular flexibility index (Phi) is 2.99. The van der Waals surface area contributed by atoms with Crippen LogP contribution in [0.1, 0.15) is 11.1 Å². The van der Waals surface area contributed by atoms with Crippen LogP contribution in [0.15, 0.2) is 36.4 Å². The minimum absolute atomic E-state index is 0.00215. The van der Waals surface area contributed by atoms with Gasteiger partial charge < -0.3 is 10.5 Å². The third-order valence-corrected chi connectivity index (χ3v) is 3.47. The van der Waals surface area contributed by atoms with E-state index in [0.717, 1.165) is 28.9 Å². The van der Waals surface area contributed by atoms with Crippen molar-refractivity contribution in [1.82, 2.24) is 0 Å². The SMILES string of the molecule is Cc1cc2c(c(-c3ccccc3F)c1)O[C@@H](CN)C2. The van der Waals surface area contributed by atoms with Crippen LogP contribution in [-0.4, -0.2) is 12.6 Å². The number of aryl methyl sites for hydroxylation is 1. The van der Waals surface area contributed by atoms with Crippen molar-refractivity contribution < 1.29 is 9.13 Å². The fourth-order valence-electron chi connectivity index (χ4n) is 2.60. The summed E-state index contributed by atoms with van der Waals surface area (Å²) in [5.41, 5.74) is 9.31. The van der Waals surface area contributed by atoms with E-state index in [-0.39, 0.29) is 11.9 Å². The highest BCUT2D eigenvalue weighted by molar-refractivity contribution is 5.74. The average molecular weight is 257 g/mol. The Hall–Kier alpha value is -1.87. The first kappa shape index (κ1) is 12.2. The van der Waals surface area contributed by atoms with Crippen LogP contribution in [0.2, 0.25) is 0 Å². The maximum atomic E-state index is 14.0. The number of nitrogens with two attached hydrogens (primary N) is 1. The molecule has 19 heavy (non-hydrogen) atoms. The van der Waals surface area contributed by atoms with Gasteiger partial charge in [-0.3, -0.25) is 0 Å². The molecule has 0 spiro atoms. The van der Waals surface area contributed by atoms with Gasteiger partial charge in [0.05, 0.1) is 0 Å². The maximum Gasteiger partial charge on any atom is 0.131 e. The predicted molar refractivity (Wildman–Crippen MR) is 73.7 cm³/mol. The number of hydrogen-bond acceptors (Lipinski definition) is 2. The average Bonchev–Trinajstić information content (AvgIpc) is 2.81. The quantitative estimate of drug-likeness (QED) is 0.897. The zero-order valence-corrected chi connectivity index (χ0v) is 10.8. The molecule has 0 amide bonds. The van der Waals surface area contributed by atoms with Crippen LogP contribution in [-0.2, 0) is 6.42 Å². The first-order chi connectivity index (χ1) is 9.19. The standard InChI is InChI=1S/C16H16FNO/c1-10-6-11-8-12(9-18)19-16(11)14(7-10)13-4-2-3-5-15(13)17/h2-7,12H,8-9,18H2,1H3/t12-/m1/s1. The van der Waals surface area contributed by atoms with Crippen molar-refractivity contribution in [3.8, 4) is 16.9 Å². The number of rotatable bonds is 2. The highest BCUT2D eigenvalue weighted by atomic mass is 19.1. The van der Waals surface area contributed by atoms with Crippen LogP contribution in [0.3, 0.4) is 0 Å². The van der Waals surface area contributed by atoms with Crippen molar-refractivity contribution in [3.63, 3.8) is 0 Å². The van der Waals surface area contributed by atoms with E-state index in [1.807, 2.05) is 19.1 Å². The van der Waals surface area contributed by atoms with Crippen molar-refractivity contribution in [2.24, 2.45) is 5.73 Å². The summed E-state index contributed by atoms with van der Waals surface area (Å²) in [6.45, 7) is 2.49. The van der Waals surface area contributed by atoms with Gasteiger partial charge in [-0.05, 0) is 30.2 Å². The molecule has 3 rings (SSSR count). The first-order valence-corrected chi connectivity index (χ1v) is 6.44. The lowest BCUT2D eigenvalue weighted by atomic mass is 9.97. The van der Waals surface area contributed by atoms with Crippen molar-refractivity contribution in [3.05, 3.63) is 53.3 Å². The molecule has 0 unspecified atom stereocenters. The van der Waals surface area contributed by atoms with Crippen LogP contribution < -0.4 is 10.5 Å². The molecule has 98 valence electrons. The van der Waals surface area contributed by atoms with E-state index in [1.54, 1.807) is 12.1 Å². The molecule has 1 aliphatic heterocycles. The Labute approximate surface area is 112 Å². The van der Waals surface area contributed by atoms with Gasteiger partial charge in [0.15, 0.2) is 0 Å². The molecule has 0 radical (unpaired) electrons. The molecule has 1 heterocycles. The van der Waals surface area contributed by atoms with Gasteiger partial charge in [0, 0.05) is 24.1 Å². The van der Waals surface area contributed by atoms with Gasteiger partial charge in [-0.25, -0.2) is 4.39 Å². The predicted octanol–water partition coefficient (Wildman–Crippen LogP) is 3.06. The van der Waals surface area contributed by atoms with Crippen molar-refractivity contribution in [1.29, 1.82) is 0 Å². The van der Waals surface area contributed by atoms with E-state index < -0.39 is 0 Å². The molecule has 2 aromatic carbocycles. The molecule has 0 aromatic heterocycles.